The summed E-state index contributed by atoms with van der Waals surface area (Å²) in [7, 11) is 0. The molecular weight excluding hydrogens is 1500 g/mol. The molecule has 0 atom stereocenters. The van der Waals surface area contributed by atoms with Crippen LogP contribution in [0.3, 0.4) is 0 Å². The van der Waals surface area contributed by atoms with E-state index in [0.29, 0.717) is 0 Å². The lowest BCUT2D eigenvalue weighted by atomic mass is 9.97. The lowest BCUT2D eigenvalue weighted by Gasteiger charge is -2.11. The minimum atomic E-state index is 0.907. The number of para-hydroxylation sites is 6. The first-order valence-electron chi connectivity index (χ1n) is 41.8. The van der Waals surface area contributed by atoms with Gasteiger partial charge in [0.2, 0.25) is 0 Å². The Morgan fingerprint density at radius 1 is 0.172 bits per heavy atom. The fraction of sp³-hybridized carbons (Fsp3) is 0. The Morgan fingerprint density at radius 2 is 0.516 bits per heavy atom. The summed E-state index contributed by atoms with van der Waals surface area (Å²) >= 11 is 1.89. The van der Waals surface area contributed by atoms with Crippen LogP contribution in [0.15, 0.2) is 441 Å². The van der Waals surface area contributed by atoms with Crippen LogP contribution in [0, 0.1) is 0 Å². The van der Waals surface area contributed by atoms with E-state index < -0.39 is 0 Å². The minimum absolute atomic E-state index is 0.907. The van der Waals surface area contributed by atoms with Gasteiger partial charge in [-0.1, -0.05) is 297 Å². The van der Waals surface area contributed by atoms with Crippen LogP contribution in [-0.2, 0) is 0 Å². The van der Waals surface area contributed by atoms with Gasteiger partial charge in [-0.05, 0) is 222 Å². The zero-order valence-electron chi connectivity index (χ0n) is 66.2. The van der Waals surface area contributed by atoms with Crippen LogP contribution < -0.4 is 0 Å². The molecule has 6 heteroatoms. The van der Waals surface area contributed by atoms with E-state index in [2.05, 4.69) is 449 Å². The average molecular weight is 1570 g/mol. The molecule has 26 rings (SSSR count). The molecule has 0 N–H and O–H groups in total. The third-order valence-electron chi connectivity index (χ3n) is 25.4. The van der Waals surface area contributed by atoms with Crippen molar-refractivity contribution < 1.29 is 4.42 Å². The van der Waals surface area contributed by atoms with Crippen molar-refractivity contribution in [3.8, 4) is 89.5 Å². The number of rotatable bonds is 10. The Hall–Kier alpha value is -15.9. The summed E-state index contributed by atoms with van der Waals surface area (Å²) in [5.74, 6) is 0. The highest BCUT2D eigenvalue weighted by molar-refractivity contribution is 7.26. The number of nitrogens with zero attached hydrogens (tertiary/aromatic N) is 4. The van der Waals surface area contributed by atoms with Gasteiger partial charge in [-0.3, -0.25) is 0 Å². The number of hydrogen-bond donors (Lipinski definition) is 0. The molecular formula is C116H72N4OS. The molecule has 0 saturated heterocycles. The molecule has 0 bridgehead atoms. The number of thiophene rings is 1. The van der Waals surface area contributed by atoms with Crippen LogP contribution in [0.25, 0.3) is 240 Å². The van der Waals surface area contributed by atoms with Gasteiger partial charge in [0.1, 0.15) is 11.2 Å². The van der Waals surface area contributed by atoms with Gasteiger partial charge in [0, 0.05) is 102 Å². The summed E-state index contributed by atoms with van der Waals surface area (Å²) in [4.78, 5) is 0. The van der Waals surface area contributed by atoms with E-state index in [9.17, 15) is 0 Å². The zero-order chi connectivity index (χ0) is 80.0. The molecule has 0 aliphatic heterocycles. The van der Waals surface area contributed by atoms with Crippen molar-refractivity contribution in [2.75, 3.05) is 0 Å². The van der Waals surface area contributed by atoms with Crippen molar-refractivity contribution in [3.63, 3.8) is 0 Å². The van der Waals surface area contributed by atoms with Gasteiger partial charge in [0.25, 0.3) is 0 Å². The summed E-state index contributed by atoms with van der Waals surface area (Å²) < 4.78 is 18.8. The van der Waals surface area contributed by atoms with Crippen molar-refractivity contribution in [2.45, 2.75) is 0 Å². The van der Waals surface area contributed by atoms with Crippen LogP contribution in [-0.4, -0.2) is 18.3 Å². The Morgan fingerprint density at radius 3 is 1.03 bits per heavy atom. The Balaban J connectivity index is 0.000000134. The molecule has 6 aromatic heterocycles. The highest BCUT2D eigenvalue weighted by atomic mass is 32.1. The minimum Gasteiger partial charge on any atom is -0.455 e. The van der Waals surface area contributed by atoms with Gasteiger partial charge in [-0.2, -0.15) is 0 Å². The summed E-state index contributed by atoms with van der Waals surface area (Å²) in [6.45, 7) is 0. The van der Waals surface area contributed by atoms with Gasteiger partial charge in [-0.15, -0.1) is 11.3 Å². The maximum Gasteiger partial charge on any atom is 0.143 e. The fourth-order valence-electron chi connectivity index (χ4n) is 19.6. The van der Waals surface area contributed by atoms with E-state index in [0.717, 1.165) is 44.3 Å². The highest BCUT2D eigenvalue weighted by Gasteiger charge is 2.23. The van der Waals surface area contributed by atoms with E-state index in [1.54, 1.807) is 0 Å². The average Bonchev–Trinajstić information content (AvgIpc) is 1.59. The maximum atomic E-state index is 6.52. The van der Waals surface area contributed by atoms with Gasteiger partial charge >= 0.3 is 0 Å². The Bertz CT molecular complexity index is 8750. The van der Waals surface area contributed by atoms with Gasteiger partial charge in [0.15, 0.2) is 0 Å². The molecule has 0 amide bonds. The third-order valence-corrected chi connectivity index (χ3v) is 26.6. The Labute approximate surface area is 706 Å². The van der Waals surface area contributed by atoms with Crippen molar-refractivity contribution in [2.24, 2.45) is 0 Å². The monoisotopic (exact) mass is 1570 g/mol. The summed E-state index contributed by atoms with van der Waals surface area (Å²) in [6.07, 6.45) is 0. The molecule has 122 heavy (non-hydrogen) atoms. The first kappa shape index (κ1) is 69.3. The van der Waals surface area contributed by atoms with E-state index in [4.69, 9.17) is 4.42 Å². The predicted molar refractivity (Wildman–Crippen MR) is 518 cm³/mol. The van der Waals surface area contributed by atoms with E-state index in [-0.39, 0.29) is 0 Å². The molecule has 0 unspecified atom stereocenters. The largest absolute Gasteiger partial charge is 0.455 e. The lowest BCUT2D eigenvalue weighted by Crippen LogP contribution is -1.94. The lowest BCUT2D eigenvalue weighted by molar-refractivity contribution is 0.670. The highest BCUT2D eigenvalue weighted by Crippen LogP contribution is 2.47. The van der Waals surface area contributed by atoms with Gasteiger partial charge in [-0.25, -0.2) is 0 Å². The van der Waals surface area contributed by atoms with Crippen molar-refractivity contribution in [1.29, 1.82) is 0 Å². The van der Waals surface area contributed by atoms with Gasteiger partial charge in [0.05, 0.1) is 44.1 Å². The number of benzene rings is 20. The number of hydrogen-bond acceptors (Lipinski definition) is 2. The molecule has 0 aliphatic carbocycles. The second-order valence-corrected chi connectivity index (χ2v) is 33.3. The van der Waals surface area contributed by atoms with E-state index >= 15 is 0 Å². The molecule has 6 heterocycles. The summed E-state index contributed by atoms with van der Waals surface area (Å²) in [5.41, 5.74) is 30.4. The second-order valence-electron chi connectivity index (χ2n) is 32.2. The van der Waals surface area contributed by atoms with Crippen LogP contribution >= 0.6 is 11.3 Å². The molecule has 0 radical (unpaired) electrons. The topological polar surface area (TPSA) is 32.9 Å². The van der Waals surface area contributed by atoms with Crippen LogP contribution in [0.1, 0.15) is 0 Å². The molecule has 0 aliphatic rings. The first-order chi connectivity index (χ1) is 60.5. The third kappa shape index (κ3) is 11.2. The van der Waals surface area contributed by atoms with Crippen molar-refractivity contribution in [3.05, 3.63) is 437 Å². The molecule has 0 spiro atoms. The normalized spacial score (nSPS) is 11.9. The van der Waals surface area contributed by atoms with E-state index in [1.165, 1.54) is 196 Å². The smallest absolute Gasteiger partial charge is 0.143 e. The second kappa shape index (κ2) is 27.9. The number of furan rings is 1. The predicted octanol–water partition coefficient (Wildman–Crippen LogP) is 32.3. The van der Waals surface area contributed by atoms with Crippen molar-refractivity contribution in [1.82, 2.24) is 18.3 Å². The Kier molecular flexibility index (Phi) is 15.8. The maximum absolute atomic E-state index is 6.52. The number of fused-ring (bicyclic) bond motifs is 20. The number of aromatic nitrogens is 4. The quantitative estimate of drug-likeness (QED) is 0.134. The molecule has 20 aromatic carbocycles. The molecule has 0 saturated carbocycles. The molecule has 568 valence electrons. The van der Waals surface area contributed by atoms with Gasteiger partial charge < -0.3 is 22.7 Å². The molecule has 0 fully saturated rings. The molecule has 5 nitrogen and oxygen atoms in total. The molecule has 26 aromatic rings. The van der Waals surface area contributed by atoms with E-state index in [1.807, 2.05) is 17.4 Å². The first-order valence-corrected chi connectivity index (χ1v) is 42.6. The SMILES string of the molecule is c1ccc(-n2c3ccccc3c3cc(-c4ccc(-c5ccc6c(c5)c5cc(-c7cccc8c7sc7ccccc78)ccc5n6-c5ccc6ccccc6c5)cc4)ccc32)cc1.c1ccc(-n2c3ccccc3c3cc(-c4ccc(-c5ccc6c(c5)c5ccc(-c7cccc8c7oc7ccccc78)cc5n6-c5ccc6ccccc6c5)cc4)ccc32)cc1. The summed E-state index contributed by atoms with van der Waals surface area (Å²) in [5, 5.41) is 19.8. The fourth-order valence-corrected chi connectivity index (χ4v) is 20.8. The van der Waals surface area contributed by atoms with Crippen molar-refractivity contribution >= 4 is 162 Å². The van der Waals surface area contributed by atoms with Crippen LogP contribution in [0.4, 0.5) is 0 Å². The zero-order valence-corrected chi connectivity index (χ0v) is 67.0. The summed E-state index contributed by atoms with van der Waals surface area (Å²) in [6, 6.07) is 160. The standard InChI is InChI=1S/C58H36N2O.C58H36N2S/c1-2-13-44(14-3-1)59-53-19-8-6-15-47(53)51-34-41(27-31-54(51)59)38-21-23-39(24-22-38)42-28-32-55-52(35-42)48-30-26-43(46-17-10-18-50-49-16-7-9-20-57(49)61-58(46)50)36-56(48)60(55)45-29-25-37-11-4-5-12-40(37)33-45;1-2-13-44(14-3-1)59-53-19-8-6-15-47(53)50-34-41(26-30-54(50)59)38-21-23-39(24-22-38)42-27-31-55-51(35-42)52-36-43(46-17-10-18-49-48-16-7-9-20-57(48)61-58(46)49)28-32-56(52)60(55)45-29-25-37-11-4-5-12-40(37)33-45/h2*1-36H. The van der Waals surface area contributed by atoms with Crippen LogP contribution in [0.2, 0.25) is 0 Å². The van der Waals surface area contributed by atoms with Crippen LogP contribution in [0.5, 0.6) is 0 Å².